The van der Waals surface area contributed by atoms with E-state index in [1.165, 1.54) is 13.3 Å². The van der Waals surface area contributed by atoms with Crippen molar-refractivity contribution in [2.45, 2.75) is 39.7 Å². The maximum absolute atomic E-state index is 12.5. The normalized spacial score (nSPS) is 17.0. The minimum Gasteiger partial charge on any atom is -0.350 e. The lowest BCUT2D eigenvalue weighted by Crippen LogP contribution is -2.40. The number of amides is 3. The molecule has 1 unspecified atom stereocenters. The molecule has 0 spiro atoms. The molecule has 0 aliphatic carbocycles. The third kappa shape index (κ3) is 5.56. The molecule has 0 aromatic heterocycles. The van der Waals surface area contributed by atoms with E-state index in [2.05, 4.69) is 27.8 Å². The van der Waals surface area contributed by atoms with Crippen molar-refractivity contribution in [1.82, 2.24) is 15.5 Å². The number of hydrogen-bond acceptors (Lipinski definition) is 4. The molecule has 1 aromatic rings. The molecule has 1 atom stereocenters. The van der Waals surface area contributed by atoms with Crippen molar-refractivity contribution in [2.75, 3.05) is 31.5 Å². The number of carbonyl (C=O) groups excluding carboxylic acids is 3. The standard InChI is InChI=1S/C19H28N4O3/c1-4-23-9-5-6-16(23)11-21-19(26)15-8-7-13(2)17(10-15)22-18(25)12-20-14(3)24/h7-8,10,16H,4-6,9,11-12H2,1-3H3,(H,20,24)(H,21,26)(H,22,25). The summed E-state index contributed by atoms with van der Waals surface area (Å²) in [6, 6.07) is 5.62. The maximum Gasteiger partial charge on any atom is 0.251 e. The van der Waals surface area contributed by atoms with E-state index in [4.69, 9.17) is 0 Å². The largest absolute Gasteiger partial charge is 0.350 e. The van der Waals surface area contributed by atoms with Crippen LogP contribution in [-0.4, -0.2) is 54.8 Å². The van der Waals surface area contributed by atoms with Gasteiger partial charge in [-0.3, -0.25) is 19.3 Å². The average Bonchev–Trinajstić information content (AvgIpc) is 3.07. The lowest BCUT2D eigenvalue weighted by molar-refractivity contribution is -0.122. The van der Waals surface area contributed by atoms with E-state index >= 15 is 0 Å². The highest BCUT2D eigenvalue weighted by molar-refractivity contribution is 5.98. The molecule has 3 amide bonds. The highest BCUT2D eigenvalue weighted by atomic mass is 16.2. The van der Waals surface area contributed by atoms with Crippen LogP contribution in [0.25, 0.3) is 0 Å². The molecule has 2 rings (SSSR count). The Balaban J connectivity index is 1.95. The van der Waals surface area contributed by atoms with Gasteiger partial charge >= 0.3 is 0 Å². The van der Waals surface area contributed by atoms with Crippen molar-refractivity contribution in [3.8, 4) is 0 Å². The monoisotopic (exact) mass is 360 g/mol. The highest BCUT2D eigenvalue weighted by Crippen LogP contribution is 2.18. The van der Waals surface area contributed by atoms with Gasteiger partial charge in [-0.05, 0) is 50.6 Å². The van der Waals surface area contributed by atoms with Crippen LogP contribution in [0.4, 0.5) is 5.69 Å². The quantitative estimate of drug-likeness (QED) is 0.683. The summed E-state index contributed by atoms with van der Waals surface area (Å²) >= 11 is 0. The van der Waals surface area contributed by atoms with Gasteiger partial charge in [0.25, 0.3) is 5.91 Å². The van der Waals surface area contributed by atoms with Crippen LogP contribution in [-0.2, 0) is 9.59 Å². The second kappa shape index (κ2) is 9.33. The Kier molecular flexibility index (Phi) is 7.15. The van der Waals surface area contributed by atoms with Crippen molar-refractivity contribution in [2.24, 2.45) is 0 Å². The fraction of sp³-hybridized carbons (Fsp3) is 0.526. The minimum absolute atomic E-state index is 0.0975. The number of hydrogen-bond donors (Lipinski definition) is 3. The molecule has 0 radical (unpaired) electrons. The Morgan fingerprint density at radius 3 is 2.69 bits per heavy atom. The molecule has 26 heavy (non-hydrogen) atoms. The first-order chi connectivity index (χ1) is 12.4. The van der Waals surface area contributed by atoms with E-state index in [-0.39, 0.29) is 24.3 Å². The zero-order valence-corrected chi connectivity index (χ0v) is 15.7. The van der Waals surface area contributed by atoms with Crippen molar-refractivity contribution < 1.29 is 14.4 Å². The molecule has 1 heterocycles. The van der Waals surface area contributed by atoms with Crippen LogP contribution in [0.1, 0.15) is 42.6 Å². The van der Waals surface area contributed by atoms with Crippen LogP contribution < -0.4 is 16.0 Å². The second-order valence-electron chi connectivity index (χ2n) is 6.62. The summed E-state index contributed by atoms with van der Waals surface area (Å²) < 4.78 is 0. The summed E-state index contributed by atoms with van der Waals surface area (Å²) in [6.45, 7) is 7.96. The summed E-state index contributed by atoms with van der Waals surface area (Å²) in [7, 11) is 0. The van der Waals surface area contributed by atoms with Gasteiger partial charge in [0, 0.05) is 30.8 Å². The molecule has 1 aliphatic heterocycles. The Morgan fingerprint density at radius 1 is 1.23 bits per heavy atom. The zero-order valence-electron chi connectivity index (χ0n) is 15.7. The average molecular weight is 360 g/mol. The maximum atomic E-state index is 12.5. The van der Waals surface area contributed by atoms with Gasteiger partial charge in [0.1, 0.15) is 0 Å². The summed E-state index contributed by atoms with van der Waals surface area (Å²) in [4.78, 5) is 37.6. The molecule has 142 valence electrons. The predicted molar refractivity (Wildman–Crippen MR) is 101 cm³/mol. The molecule has 0 bridgehead atoms. The first kappa shape index (κ1) is 19.9. The van der Waals surface area contributed by atoms with Gasteiger partial charge in [0.2, 0.25) is 11.8 Å². The van der Waals surface area contributed by atoms with E-state index < -0.39 is 0 Å². The lowest BCUT2D eigenvalue weighted by atomic mass is 10.1. The van der Waals surface area contributed by atoms with Gasteiger partial charge in [0.05, 0.1) is 6.54 Å². The molecule has 1 aromatic carbocycles. The molecule has 7 heteroatoms. The molecule has 3 N–H and O–H groups in total. The molecule has 7 nitrogen and oxygen atoms in total. The SMILES string of the molecule is CCN1CCCC1CNC(=O)c1ccc(C)c(NC(=O)CNC(C)=O)c1. The van der Waals surface area contributed by atoms with Crippen molar-refractivity contribution in [1.29, 1.82) is 0 Å². The number of benzene rings is 1. The van der Waals surface area contributed by atoms with Crippen LogP contribution in [0.2, 0.25) is 0 Å². The first-order valence-electron chi connectivity index (χ1n) is 9.08. The van der Waals surface area contributed by atoms with Crippen LogP contribution in [0.15, 0.2) is 18.2 Å². The van der Waals surface area contributed by atoms with Crippen molar-refractivity contribution in [3.63, 3.8) is 0 Å². The van der Waals surface area contributed by atoms with Crippen LogP contribution in [0, 0.1) is 6.92 Å². The van der Waals surface area contributed by atoms with E-state index in [1.807, 2.05) is 6.92 Å². The number of likely N-dealkylation sites (tertiary alicyclic amines) is 1. The summed E-state index contributed by atoms with van der Waals surface area (Å²) in [5.74, 6) is -0.742. The van der Waals surface area contributed by atoms with Gasteiger partial charge in [-0.1, -0.05) is 13.0 Å². The zero-order chi connectivity index (χ0) is 19.1. The molecule has 1 saturated heterocycles. The Labute approximate surface area is 154 Å². The van der Waals surface area contributed by atoms with Crippen LogP contribution in [0.5, 0.6) is 0 Å². The summed E-state index contributed by atoms with van der Waals surface area (Å²) in [5.41, 5.74) is 1.93. The first-order valence-corrected chi connectivity index (χ1v) is 9.08. The Morgan fingerprint density at radius 2 is 2.00 bits per heavy atom. The van der Waals surface area contributed by atoms with E-state index in [0.717, 1.165) is 25.1 Å². The number of nitrogens with one attached hydrogen (secondary N) is 3. The number of carbonyl (C=O) groups is 3. The fourth-order valence-electron chi connectivity index (χ4n) is 3.15. The second-order valence-corrected chi connectivity index (χ2v) is 6.62. The summed E-state index contributed by atoms with van der Waals surface area (Å²) in [5, 5.41) is 8.18. The van der Waals surface area contributed by atoms with Crippen molar-refractivity contribution in [3.05, 3.63) is 29.3 Å². The topological polar surface area (TPSA) is 90.5 Å². The van der Waals surface area contributed by atoms with Gasteiger partial charge in [-0.2, -0.15) is 0 Å². The van der Waals surface area contributed by atoms with Gasteiger partial charge in [-0.15, -0.1) is 0 Å². The molecule has 0 saturated carbocycles. The minimum atomic E-state index is -0.328. The lowest BCUT2D eigenvalue weighted by Gasteiger charge is -2.23. The number of aryl methyl sites for hydroxylation is 1. The van der Waals surface area contributed by atoms with Gasteiger partial charge in [-0.25, -0.2) is 0 Å². The van der Waals surface area contributed by atoms with E-state index in [0.29, 0.717) is 23.8 Å². The Bertz CT molecular complexity index is 675. The van der Waals surface area contributed by atoms with E-state index in [9.17, 15) is 14.4 Å². The predicted octanol–water partition coefficient (Wildman–Crippen LogP) is 1.28. The molecule has 1 fully saturated rings. The van der Waals surface area contributed by atoms with E-state index in [1.54, 1.807) is 18.2 Å². The number of nitrogens with zero attached hydrogens (tertiary/aromatic N) is 1. The van der Waals surface area contributed by atoms with Crippen LogP contribution in [0.3, 0.4) is 0 Å². The third-order valence-corrected chi connectivity index (χ3v) is 4.68. The van der Waals surface area contributed by atoms with Crippen LogP contribution >= 0.6 is 0 Å². The Hall–Kier alpha value is -2.41. The van der Waals surface area contributed by atoms with Gasteiger partial charge < -0.3 is 16.0 Å². The summed E-state index contributed by atoms with van der Waals surface area (Å²) in [6.07, 6.45) is 2.27. The number of rotatable bonds is 7. The smallest absolute Gasteiger partial charge is 0.251 e. The molecular formula is C19H28N4O3. The number of likely N-dealkylation sites (N-methyl/N-ethyl adjacent to an activating group) is 1. The molecule has 1 aliphatic rings. The highest BCUT2D eigenvalue weighted by Gasteiger charge is 2.23. The number of anilines is 1. The third-order valence-electron chi connectivity index (χ3n) is 4.68. The fourth-order valence-corrected chi connectivity index (χ4v) is 3.15. The van der Waals surface area contributed by atoms with Crippen molar-refractivity contribution >= 4 is 23.4 Å². The van der Waals surface area contributed by atoms with Gasteiger partial charge in [0.15, 0.2) is 0 Å². The molecular weight excluding hydrogens is 332 g/mol.